The molecule has 2 aromatic carbocycles. The van der Waals surface area contributed by atoms with Gasteiger partial charge in [0.2, 0.25) is 0 Å². The summed E-state index contributed by atoms with van der Waals surface area (Å²) < 4.78 is 10.4. The van der Waals surface area contributed by atoms with Gasteiger partial charge in [-0.05, 0) is 41.8 Å². The Morgan fingerprint density at radius 1 is 0.909 bits per heavy atom. The molecular weight excluding hydrogens is 284 g/mol. The van der Waals surface area contributed by atoms with E-state index in [2.05, 4.69) is 0 Å². The zero-order valence-corrected chi connectivity index (χ0v) is 12.0. The Bertz CT molecular complexity index is 622. The maximum atomic E-state index is 11.1. The Morgan fingerprint density at radius 3 is 1.64 bits per heavy atom. The van der Waals surface area contributed by atoms with Crippen LogP contribution in [0.2, 0.25) is 0 Å². The van der Waals surface area contributed by atoms with E-state index in [4.69, 9.17) is 9.47 Å². The number of benzene rings is 2. The summed E-state index contributed by atoms with van der Waals surface area (Å²) in [6, 6.07) is 13.5. The summed E-state index contributed by atoms with van der Waals surface area (Å²) in [5.41, 5.74) is 1.02. The van der Waals surface area contributed by atoms with Crippen LogP contribution in [0.15, 0.2) is 48.5 Å². The lowest BCUT2D eigenvalue weighted by atomic mass is 9.71. The summed E-state index contributed by atoms with van der Waals surface area (Å²) in [7, 11) is 0. The van der Waals surface area contributed by atoms with Gasteiger partial charge in [-0.25, -0.2) is 4.79 Å². The fourth-order valence-electron chi connectivity index (χ4n) is 2.92. The molecule has 5 nitrogen and oxygen atoms in total. The van der Waals surface area contributed by atoms with Crippen LogP contribution in [0.1, 0.15) is 24.5 Å². The van der Waals surface area contributed by atoms with E-state index in [9.17, 15) is 15.0 Å². The van der Waals surface area contributed by atoms with E-state index in [0.29, 0.717) is 6.42 Å². The molecule has 2 N–H and O–H groups in total. The van der Waals surface area contributed by atoms with E-state index >= 15 is 0 Å². The zero-order chi connectivity index (χ0) is 15.7. The number of rotatable bonds is 4. The molecule has 22 heavy (non-hydrogen) atoms. The van der Waals surface area contributed by atoms with Crippen molar-refractivity contribution in [2.24, 2.45) is 0 Å². The van der Waals surface area contributed by atoms with Crippen LogP contribution in [0.4, 0.5) is 4.79 Å². The van der Waals surface area contributed by atoms with Gasteiger partial charge in [0, 0.05) is 0 Å². The van der Waals surface area contributed by atoms with Crippen molar-refractivity contribution in [3.63, 3.8) is 0 Å². The van der Waals surface area contributed by atoms with Crippen LogP contribution in [-0.2, 0) is 14.9 Å². The third-order valence-electron chi connectivity index (χ3n) is 4.13. The molecule has 1 aliphatic rings. The molecule has 0 atom stereocenters. The molecule has 0 aromatic heterocycles. The molecule has 2 aromatic rings. The molecule has 114 valence electrons. The number of carbonyl (C=O) groups is 1. The van der Waals surface area contributed by atoms with Gasteiger partial charge < -0.3 is 19.7 Å². The second kappa shape index (κ2) is 5.26. The predicted octanol–water partition coefficient (Wildman–Crippen LogP) is 3.29. The van der Waals surface area contributed by atoms with Gasteiger partial charge in [-0.3, -0.25) is 0 Å². The first-order valence-electron chi connectivity index (χ1n) is 7.02. The summed E-state index contributed by atoms with van der Waals surface area (Å²) in [4.78, 5) is 11.1. The lowest BCUT2D eigenvalue weighted by Gasteiger charge is -2.43. The molecule has 1 saturated heterocycles. The summed E-state index contributed by atoms with van der Waals surface area (Å²) in [6.45, 7) is 1.97. The molecule has 1 aliphatic heterocycles. The van der Waals surface area contributed by atoms with Crippen molar-refractivity contribution in [3.8, 4) is 11.5 Å². The standard InChI is InChI=1S/C17H16O5/c1-2-17(15-21-16(20)22-15,11-3-7-13(18)8-4-11)12-5-9-14(19)10-6-12/h3-10,15,18-19H,2H2,1H3. The van der Waals surface area contributed by atoms with E-state index in [0.717, 1.165) is 11.1 Å². The highest BCUT2D eigenvalue weighted by Gasteiger charge is 2.51. The van der Waals surface area contributed by atoms with Gasteiger partial charge in [0.25, 0.3) is 6.29 Å². The number of hydrogen-bond donors (Lipinski definition) is 2. The third kappa shape index (κ3) is 2.15. The summed E-state index contributed by atoms with van der Waals surface area (Å²) >= 11 is 0. The van der Waals surface area contributed by atoms with E-state index in [-0.39, 0.29) is 11.5 Å². The molecule has 0 spiro atoms. The Balaban J connectivity index is 2.13. The van der Waals surface area contributed by atoms with Crippen molar-refractivity contribution in [2.75, 3.05) is 0 Å². The Kier molecular flexibility index (Phi) is 3.41. The lowest BCUT2D eigenvalue weighted by molar-refractivity contribution is -0.211. The minimum atomic E-state index is -0.737. The third-order valence-corrected chi connectivity index (χ3v) is 4.13. The molecule has 3 rings (SSSR count). The van der Waals surface area contributed by atoms with Crippen LogP contribution in [-0.4, -0.2) is 22.7 Å². The van der Waals surface area contributed by atoms with Crippen molar-refractivity contribution in [3.05, 3.63) is 59.7 Å². The van der Waals surface area contributed by atoms with Crippen molar-refractivity contribution in [1.29, 1.82) is 0 Å². The molecule has 1 fully saturated rings. The number of aromatic hydroxyl groups is 2. The molecule has 0 radical (unpaired) electrons. The van der Waals surface area contributed by atoms with Gasteiger partial charge >= 0.3 is 6.16 Å². The SMILES string of the molecule is CCC(c1ccc(O)cc1)(c1ccc(O)cc1)C1OC(=O)O1. The monoisotopic (exact) mass is 300 g/mol. The van der Waals surface area contributed by atoms with Gasteiger partial charge in [-0.1, -0.05) is 31.2 Å². The summed E-state index contributed by atoms with van der Waals surface area (Å²) in [5.74, 6) is 0.317. The van der Waals surface area contributed by atoms with E-state index in [1.54, 1.807) is 48.5 Å². The minimum Gasteiger partial charge on any atom is -0.508 e. The molecule has 0 unspecified atom stereocenters. The second-order valence-electron chi connectivity index (χ2n) is 5.24. The minimum absolute atomic E-state index is 0.158. The van der Waals surface area contributed by atoms with Crippen LogP contribution >= 0.6 is 0 Å². The predicted molar refractivity (Wildman–Crippen MR) is 78.6 cm³/mol. The maximum absolute atomic E-state index is 11.1. The molecule has 5 heteroatoms. The Hall–Kier alpha value is -2.69. The normalized spacial score (nSPS) is 14.9. The number of phenolic OH excluding ortho intramolecular Hbond substituents is 2. The second-order valence-corrected chi connectivity index (χ2v) is 5.24. The summed E-state index contributed by atoms with van der Waals surface area (Å²) in [5, 5.41) is 19.0. The van der Waals surface area contributed by atoms with E-state index < -0.39 is 17.9 Å². The van der Waals surface area contributed by atoms with Crippen molar-refractivity contribution in [1.82, 2.24) is 0 Å². The Labute approximate surface area is 127 Å². The fourth-order valence-corrected chi connectivity index (χ4v) is 2.92. The van der Waals surface area contributed by atoms with Crippen LogP contribution in [0.5, 0.6) is 11.5 Å². The smallest absolute Gasteiger partial charge is 0.508 e. The molecule has 0 bridgehead atoms. The molecule has 0 amide bonds. The Morgan fingerprint density at radius 2 is 1.32 bits per heavy atom. The first kappa shape index (κ1) is 14.3. The van der Waals surface area contributed by atoms with Crippen LogP contribution < -0.4 is 0 Å². The first-order chi connectivity index (χ1) is 10.6. The largest absolute Gasteiger partial charge is 0.514 e. The van der Waals surface area contributed by atoms with E-state index in [1.165, 1.54) is 0 Å². The highest BCUT2D eigenvalue weighted by molar-refractivity contribution is 5.66. The molecule has 1 heterocycles. The quantitative estimate of drug-likeness (QED) is 0.847. The number of cyclic esters (lactones) is 2. The molecule has 0 saturated carbocycles. The number of carbonyl (C=O) groups excluding carboxylic acids is 1. The van der Waals surface area contributed by atoms with Crippen LogP contribution in [0.25, 0.3) is 0 Å². The number of ether oxygens (including phenoxy) is 2. The maximum Gasteiger partial charge on any atom is 0.514 e. The topological polar surface area (TPSA) is 76.0 Å². The highest BCUT2D eigenvalue weighted by atomic mass is 16.9. The van der Waals surface area contributed by atoms with Crippen LogP contribution in [0.3, 0.4) is 0 Å². The number of hydrogen-bond acceptors (Lipinski definition) is 5. The van der Waals surface area contributed by atoms with Gasteiger partial charge in [0.1, 0.15) is 11.5 Å². The fraction of sp³-hybridized carbons (Fsp3) is 0.235. The van der Waals surface area contributed by atoms with Crippen molar-refractivity contribution >= 4 is 6.16 Å². The van der Waals surface area contributed by atoms with Gasteiger partial charge in [0.05, 0.1) is 5.41 Å². The van der Waals surface area contributed by atoms with Gasteiger partial charge in [-0.2, -0.15) is 0 Å². The van der Waals surface area contributed by atoms with Gasteiger partial charge in [0.15, 0.2) is 0 Å². The average Bonchev–Trinajstić information content (AvgIpc) is 2.49. The van der Waals surface area contributed by atoms with Crippen molar-refractivity contribution in [2.45, 2.75) is 25.0 Å². The van der Waals surface area contributed by atoms with Gasteiger partial charge in [-0.15, -0.1) is 0 Å². The lowest BCUT2D eigenvalue weighted by Crippen LogP contribution is -2.52. The average molecular weight is 300 g/mol. The first-order valence-corrected chi connectivity index (χ1v) is 7.02. The van der Waals surface area contributed by atoms with Crippen molar-refractivity contribution < 1.29 is 24.5 Å². The zero-order valence-electron chi connectivity index (χ0n) is 12.0. The molecular formula is C17H16O5. The highest BCUT2D eigenvalue weighted by Crippen LogP contribution is 2.44. The summed E-state index contributed by atoms with van der Waals surface area (Å²) in [6.07, 6.45) is -0.819. The van der Waals surface area contributed by atoms with Crippen LogP contribution in [0, 0.1) is 0 Å². The van der Waals surface area contributed by atoms with E-state index in [1.807, 2.05) is 6.92 Å². The molecule has 0 aliphatic carbocycles. The number of phenols is 2.